The number of thiophene rings is 1. The second kappa shape index (κ2) is 5.72. The van der Waals surface area contributed by atoms with Crippen molar-refractivity contribution in [3.05, 3.63) is 16.3 Å². The Labute approximate surface area is 141 Å². The number of thioether (sulfide) groups is 1. The van der Waals surface area contributed by atoms with Gasteiger partial charge in [0.15, 0.2) is 0 Å². The molecule has 1 aliphatic carbocycles. The van der Waals surface area contributed by atoms with Crippen molar-refractivity contribution in [3.63, 3.8) is 0 Å². The number of rotatable bonds is 3. The van der Waals surface area contributed by atoms with Crippen molar-refractivity contribution < 1.29 is 0 Å². The fourth-order valence-corrected chi connectivity index (χ4v) is 5.07. The lowest BCUT2D eigenvalue weighted by Gasteiger charge is -2.17. The smallest absolute Gasteiger partial charge is 0.209 e. The van der Waals surface area contributed by atoms with Gasteiger partial charge in [-0.15, -0.1) is 16.4 Å². The number of fused-ring (bicyclic) bond motifs is 3. The van der Waals surface area contributed by atoms with Crippen LogP contribution in [0.2, 0.25) is 0 Å². The number of hydrogen-bond donors (Lipinski definition) is 1. The maximum Gasteiger partial charge on any atom is 0.209 e. The highest BCUT2D eigenvalue weighted by molar-refractivity contribution is 7.98. The molecule has 0 radical (unpaired) electrons. The van der Waals surface area contributed by atoms with Gasteiger partial charge in [0, 0.05) is 11.9 Å². The summed E-state index contributed by atoms with van der Waals surface area (Å²) in [4.78, 5) is 11.7. The Morgan fingerprint density at radius 1 is 1.39 bits per heavy atom. The van der Waals surface area contributed by atoms with Gasteiger partial charge in [0.25, 0.3) is 0 Å². The molecule has 3 heterocycles. The molecule has 1 aliphatic rings. The van der Waals surface area contributed by atoms with E-state index in [-0.39, 0.29) is 0 Å². The number of nitrogen functional groups attached to an aromatic ring is 1. The molecule has 9 heteroatoms. The highest BCUT2D eigenvalue weighted by Gasteiger charge is 2.23. The van der Waals surface area contributed by atoms with E-state index in [0.717, 1.165) is 40.0 Å². The highest BCUT2D eigenvalue weighted by Crippen LogP contribution is 2.39. The molecule has 1 unspecified atom stereocenters. The van der Waals surface area contributed by atoms with Gasteiger partial charge in [-0.1, -0.05) is 18.7 Å². The molecule has 1 atom stereocenters. The van der Waals surface area contributed by atoms with Gasteiger partial charge < -0.3 is 5.73 Å². The average molecular weight is 347 g/mol. The Bertz CT molecular complexity index is 870. The van der Waals surface area contributed by atoms with Crippen LogP contribution < -0.4 is 5.73 Å². The van der Waals surface area contributed by atoms with Crippen molar-refractivity contribution in [1.29, 1.82) is 0 Å². The van der Waals surface area contributed by atoms with Gasteiger partial charge in [0.2, 0.25) is 5.16 Å². The molecule has 0 aliphatic heterocycles. The van der Waals surface area contributed by atoms with Gasteiger partial charge in [-0.2, -0.15) is 0 Å². The second-order valence-corrected chi connectivity index (χ2v) is 7.96. The summed E-state index contributed by atoms with van der Waals surface area (Å²) in [5, 5.41) is 13.2. The van der Waals surface area contributed by atoms with Gasteiger partial charge in [0.1, 0.15) is 16.5 Å². The van der Waals surface area contributed by atoms with Gasteiger partial charge >= 0.3 is 0 Å². The van der Waals surface area contributed by atoms with Crippen molar-refractivity contribution >= 4 is 39.1 Å². The Hall–Kier alpha value is -1.74. The monoisotopic (exact) mass is 347 g/mol. The summed E-state index contributed by atoms with van der Waals surface area (Å²) >= 11 is 3.28. The molecule has 0 amide bonds. The van der Waals surface area contributed by atoms with Gasteiger partial charge in [-0.05, 0) is 41.2 Å². The third-order valence-electron chi connectivity index (χ3n) is 4.14. The quantitative estimate of drug-likeness (QED) is 0.726. The van der Waals surface area contributed by atoms with E-state index in [4.69, 9.17) is 10.7 Å². The molecule has 3 aromatic heterocycles. The Balaban J connectivity index is 1.66. The van der Waals surface area contributed by atoms with E-state index in [9.17, 15) is 0 Å². The molecule has 0 fully saturated rings. The molecule has 4 rings (SSSR count). The molecule has 0 bridgehead atoms. The average Bonchev–Trinajstić information content (AvgIpc) is 3.07. The van der Waals surface area contributed by atoms with Crippen molar-refractivity contribution in [2.24, 2.45) is 13.0 Å². The van der Waals surface area contributed by atoms with E-state index in [1.165, 1.54) is 28.6 Å². The van der Waals surface area contributed by atoms with Crippen LogP contribution in [0.25, 0.3) is 10.2 Å². The van der Waals surface area contributed by atoms with Crippen LogP contribution in [-0.4, -0.2) is 30.2 Å². The first-order valence-corrected chi connectivity index (χ1v) is 9.34. The lowest BCUT2D eigenvalue weighted by Crippen LogP contribution is -2.09. The summed E-state index contributed by atoms with van der Waals surface area (Å²) in [5.74, 6) is 2.68. The third-order valence-corrected chi connectivity index (χ3v) is 6.30. The zero-order valence-corrected chi connectivity index (χ0v) is 14.6. The second-order valence-electron chi connectivity index (χ2n) is 5.93. The largest absolute Gasteiger partial charge is 0.383 e. The SMILES string of the molecule is CC1CCc2c(sc3nc(CSc4nnnn4C)nc(N)c23)C1. The number of hydrogen-bond acceptors (Lipinski definition) is 8. The maximum atomic E-state index is 6.24. The van der Waals surface area contributed by atoms with E-state index in [0.29, 0.717) is 11.6 Å². The van der Waals surface area contributed by atoms with Crippen LogP contribution in [0, 0.1) is 5.92 Å². The normalized spacial score (nSPS) is 17.6. The molecule has 120 valence electrons. The number of tetrazole rings is 1. The van der Waals surface area contributed by atoms with E-state index in [1.54, 1.807) is 16.0 Å². The lowest BCUT2D eigenvalue weighted by molar-refractivity contribution is 0.509. The Morgan fingerprint density at radius 2 is 2.26 bits per heavy atom. The van der Waals surface area contributed by atoms with Crippen LogP contribution in [0.3, 0.4) is 0 Å². The molecule has 3 aromatic rings. The molecule has 0 aromatic carbocycles. The number of nitrogens with two attached hydrogens (primary N) is 1. The Morgan fingerprint density at radius 3 is 3.04 bits per heavy atom. The zero-order chi connectivity index (χ0) is 16.0. The molecule has 7 nitrogen and oxygen atoms in total. The standard InChI is InChI=1S/C14H17N7S2/c1-7-3-4-8-9(5-7)23-13-11(8)12(15)16-10(17-13)6-22-14-18-19-20-21(14)2/h7H,3-6H2,1-2H3,(H2,15,16,17). The van der Waals surface area contributed by atoms with Crippen molar-refractivity contribution in [2.75, 3.05) is 5.73 Å². The first kappa shape index (κ1) is 14.8. The molecule has 0 saturated heterocycles. The van der Waals surface area contributed by atoms with Gasteiger partial charge in [-0.25, -0.2) is 14.6 Å². The maximum absolute atomic E-state index is 6.24. The minimum atomic E-state index is 0.604. The lowest BCUT2D eigenvalue weighted by atomic mass is 9.89. The summed E-state index contributed by atoms with van der Waals surface area (Å²) in [6.07, 6.45) is 3.43. The molecule has 2 N–H and O–H groups in total. The first-order chi connectivity index (χ1) is 11.1. The van der Waals surface area contributed by atoms with Crippen LogP contribution >= 0.6 is 23.1 Å². The predicted molar refractivity (Wildman–Crippen MR) is 91.4 cm³/mol. The summed E-state index contributed by atoms with van der Waals surface area (Å²) in [6.45, 7) is 2.30. The molecule has 0 saturated carbocycles. The van der Waals surface area contributed by atoms with Crippen LogP contribution in [-0.2, 0) is 25.6 Å². The predicted octanol–water partition coefficient (Wildman–Crippen LogP) is 2.21. The van der Waals surface area contributed by atoms with E-state index >= 15 is 0 Å². The van der Waals surface area contributed by atoms with Crippen molar-refractivity contribution in [3.8, 4) is 0 Å². The fraction of sp³-hybridized carbons (Fsp3) is 0.500. The summed E-state index contributed by atoms with van der Waals surface area (Å²) in [6, 6.07) is 0. The van der Waals surface area contributed by atoms with Crippen molar-refractivity contribution in [2.45, 2.75) is 37.1 Å². The summed E-state index contributed by atoms with van der Waals surface area (Å²) in [5.41, 5.74) is 7.61. The minimum Gasteiger partial charge on any atom is -0.383 e. The molecular weight excluding hydrogens is 330 g/mol. The molecule has 0 spiro atoms. The number of aromatic nitrogens is 6. The van der Waals surface area contributed by atoms with Gasteiger partial charge in [0.05, 0.1) is 11.1 Å². The van der Waals surface area contributed by atoms with E-state index in [2.05, 4.69) is 27.4 Å². The molecular formula is C14H17N7S2. The van der Waals surface area contributed by atoms with Crippen LogP contribution in [0.1, 0.15) is 29.6 Å². The van der Waals surface area contributed by atoms with E-state index < -0.39 is 0 Å². The minimum absolute atomic E-state index is 0.604. The fourth-order valence-electron chi connectivity index (χ4n) is 2.95. The van der Waals surface area contributed by atoms with Crippen molar-refractivity contribution in [1.82, 2.24) is 30.2 Å². The number of aryl methyl sites for hydroxylation is 2. The topological polar surface area (TPSA) is 95.4 Å². The van der Waals surface area contributed by atoms with Crippen LogP contribution in [0.5, 0.6) is 0 Å². The zero-order valence-electron chi connectivity index (χ0n) is 13.0. The number of anilines is 1. The van der Waals surface area contributed by atoms with Crippen LogP contribution in [0.4, 0.5) is 5.82 Å². The van der Waals surface area contributed by atoms with Crippen LogP contribution in [0.15, 0.2) is 5.16 Å². The molecule has 23 heavy (non-hydrogen) atoms. The Kier molecular flexibility index (Phi) is 3.68. The van der Waals surface area contributed by atoms with E-state index in [1.807, 2.05) is 7.05 Å². The third kappa shape index (κ3) is 2.67. The first-order valence-electron chi connectivity index (χ1n) is 7.53. The number of nitrogens with zero attached hydrogens (tertiary/aromatic N) is 6. The summed E-state index contributed by atoms with van der Waals surface area (Å²) in [7, 11) is 1.81. The summed E-state index contributed by atoms with van der Waals surface area (Å²) < 4.78 is 1.64. The van der Waals surface area contributed by atoms with Gasteiger partial charge in [-0.3, -0.25) is 0 Å². The highest BCUT2D eigenvalue weighted by atomic mass is 32.2.